The molecule has 0 amide bonds. The van der Waals surface area contributed by atoms with Crippen LogP contribution in [0.1, 0.15) is 25.3 Å². The van der Waals surface area contributed by atoms with Crippen molar-refractivity contribution in [2.75, 3.05) is 6.61 Å². The minimum atomic E-state index is -0.379. The predicted molar refractivity (Wildman–Crippen MR) is 65.1 cm³/mol. The molecule has 2 rings (SSSR count). The highest BCUT2D eigenvalue weighted by Crippen LogP contribution is 2.33. The lowest BCUT2D eigenvalue weighted by Gasteiger charge is -2.12. The molecule has 1 atom stereocenters. The van der Waals surface area contributed by atoms with Crippen LogP contribution in [0.2, 0.25) is 5.02 Å². The Morgan fingerprint density at radius 3 is 2.88 bits per heavy atom. The fourth-order valence-corrected chi connectivity index (χ4v) is 1.89. The van der Waals surface area contributed by atoms with E-state index in [1.807, 2.05) is 18.2 Å². The normalized spacial score (nSPS) is 17.2. The van der Waals surface area contributed by atoms with Gasteiger partial charge in [-0.1, -0.05) is 23.7 Å². The summed E-state index contributed by atoms with van der Waals surface area (Å²) >= 11 is 6.22. The molecule has 0 saturated heterocycles. The van der Waals surface area contributed by atoms with Crippen molar-refractivity contribution in [3.63, 3.8) is 0 Å². The predicted octanol–water partition coefficient (Wildman–Crippen LogP) is 3.05. The summed E-state index contributed by atoms with van der Waals surface area (Å²) in [6.07, 6.45) is 2.73. The Bertz CT molecular complexity index is 359. The second kappa shape index (κ2) is 5.07. The number of hydrogen-bond acceptors (Lipinski definition) is 2. The first-order chi connectivity index (χ1) is 7.66. The molecule has 1 N–H and O–H groups in total. The van der Waals surface area contributed by atoms with Gasteiger partial charge < -0.3 is 9.84 Å². The van der Waals surface area contributed by atoms with Gasteiger partial charge >= 0.3 is 0 Å². The molecule has 0 aromatic heterocycles. The highest BCUT2D eigenvalue weighted by molar-refractivity contribution is 6.32. The maximum absolute atomic E-state index is 9.35. The van der Waals surface area contributed by atoms with Crippen LogP contribution in [-0.4, -0.2) is 17.8 Å². The molecule has 1 aliphatic rings. The molecular formula is C13H17ClO2. The van der Waals surface area contributed by atoms with Crippen LogP contribution in [0.3, 0.4) is 0 Å². The number of hydrogen-bond donors (Lipinski definition) is 1. The molecule has 3 heteroatoms. The molecule has 1 aromatic carbocycles. The highest BCUT2D eigenvalue weighted by atomic mass is 35.5. The molecule has 0 bridgehead atoms. The second-order valence-corrected chi connectivity index (χ2v) is 4.91. The van der Waals surface area contributed by atoms with E-state index in [4.69, 9.17) is 16.3 Å². The summed E-state index contributed by atoms with van der Waals surface area (Å²) in [6.45, 7) is 2.52. The van der Waals surface area contributed by atoms with Crippen LogP contribution in [0, 0.1) is 5.92 Å². The van der Waals surface area contributed by atoms with Crippen molar-refractivity contribution in [2.45, 2.75) is 32.3 Å². The fourth-order valence-electron chi connectivity index (χ4n) is 1.64. The Labute approximate surface area is 101 Å². The lowest BCUT2D eigenvalue weighted by atomic mass is 10.1. The molecule has 1 unspecified atom stereocenters. The molecule has 2 nitrogen and oxygen atoms in total. The second-order valence-electron chi connectivity index (χ2n) is 4.54. The van der Waals surface area contributed by atoms with Crippen LogP contribution in [0.5, 0.6) is 5.75 Å². The number of benzene rings is 1. The Hall–Kier alpha value is -0.730. The molecule has 88 valence electrons. The van der Waals surface area contributed by atoms with Crippen LogP contribution in [-0.2, 0) is 6.42 Å². The van der Waals surface area contributed by atoms with E-state index in [0.717, 1.165) is 23.8 Å². The molecule has 1 aliphatic carbocycles. The Balaban J connectivity index is 2.05. The Morgan fingerprint density at radius 1 is 1.50 bits per heavy atom. The van der Waals surface area contributed by atoms with Crippen LogP contribution in [0.4, 0.5) is 0 Å². The maximum Gasteiger partial charge on any atom is 0.138 e. The lowest BCUT2D eigenvalue weighted by molar-refractivity contribution is 0.195. The maximum atomic E-state index is 9.35. The number of aliphatic hydroxyl groups excluding tert-OH is 1. The van der Waals surface area contributed by atoms with Crippen molar-refractivity contribution in [3.05, 3.63) is 28.8 Å². The third kappa shape index (κ3) is 3.13. The summed E-state index contributed by atoms with van der Waals surface area (Å²) in [7, 11) is 0. The van der Waals surface area contributed by atoms with Gasteiger partial charge in [-0.2, -0.15) is 0 Å². The molecule has 0 radical (unpaired) electrons. The summed E-state index contributed by atoms with van der Waals surface area (Å²) in [4.78, 5) is 0. The topological polar surface area (TPSA) is 29.5 Å². The third-order valence-corrected chi connectivity index (χ3v) is 3.16. The van der Waals surface area contributed by atoms with Crippen molar-refractivity contribution in [2.24, 2.45) is 5.92 Å². The molecule has 0 heterocycles. The van der Waals surface area contributed by atoms with Gasteiger partial charge in [0.25, 0.3) is 0 Å². The van der Waals surface area contributed by atoms with Crippen molar-refractivity contribution >= 4 is 11.6 Å². The average Bonchev–Trinajstić information content (AvgIpc) is 3.02. The molecule has 0 spiro atoms. The van der Waals surface area contributed by atoms with Crippen LogP contribution in [0.25, 0.3) is 0 Å². The van der Waals surface area contributed by atoms with Gasteiger partial charge in [0, 0.05) is 0 Å². The van der Waals surface area contributed by atoms with Crippen molar-refractivity contribution in [1.29, 1.82) is 0 Å². The molecule has 1 aromatic rings. The van der Waals surface area contributed by atoms with Gasteiger partial charge in [0.05, 0.1) is 17.7 Å². The zero-order valence-corrected chi connectivity index (χ0v) is 10.2. The minimum absolute atomic E-state index is 0.379. The molecular weight excluding hydrogens is 224 g/mol. The van der Waals surface area contributed by atoms with E-state index in [9.17, 15) is 5.11 Å². The van der Waals surface area contributed by atoms with E-state index >= 15 is 0 Å². The number of halogens is 1. The lowest BCUT2D eigenvalue weighted by Crippen LogP contribution is -2.06. The van der Waals surface area contributed by atoms with E-state index in [0.29, 0.717) is 11.4 Å². The summed E-state index contributed by atoms with van der Waals surface area (Å²) in [6, 6.07) is 5.74. The first-order valence-corrected chi connectivity index (χ1v) is 6.13. The summed E-state index contributed by atoms with van der Waals surface area (Å²) < 4.78 is 5.67. The van der Waals surface area contributed by atoms with Gasteiger partial charge in [-0.15, -0.1) is 0 Å². The molecule has 1 saturated carbocycles. The first-order valence-electron chi connectivity index (χ1n) is 5.75. The third-order valence-electron chi connectivity index (χ3n) is 2.73. The Kier molecular flexibility index (Phi) is 3.72. The van der Waals surface area contributed by atoms with Crippen molar-refractivity contribution < 1.29 is 9.84 Å². The monoisotopic (exact) mass is 240 g/mol. The zero-order chi connectivity index (χ0) is 11.5. The quantitative estimate of drug-likeness (QED) is 0.857. The Morgan fingerprint density at radius 2 is 2.25 bits per heavy atom. The summed E-state index contributed by atoms with van der Waals surface area (Å²) in [5.41, 5.74) is 0.949. The average molecular weight is 241 g/mol. The fraction of sp³-hybridized carbons (Fsp3) is 0.538. The van der Waals surface area contributed by atoms with Gasteiger partial charge in [0.2, 0.25) is 0 Å². The van der Waals surface area contributed by atoms with E-state index in [-0.39, 0.29) is 6.10 Å². The van der Waals surface area contributed by atoms with Crippen LogP contribution >= 0.6 is 11.6 Å². The highest BCUT2D eigenvalue weighted by Gasteiger charge is 2.22. The van der Waals surface area contributed by atoms with Gasteiger partial charge in [-0.05, 0) is 43.7 Å². The van der Waals surface area contributed by atoms with E-state index in [2.05, 4.69) is 0 Å². The SMILES string of the molecule is CC(O)Cc1cccc(OCC2CC2)c1Cl. The molecule has 1 fully saturated rings. The van der Waals surface area contributed by atoms with Crippen molar-refractivity contribution in [1.82, 2.24) is 0 Å². The largest absolute Gasteiger partial charge is 0.492 e. The van der Waals surface area contributed by atoms with Gasteiger partial charge in [-0.3, -0.25) is 0 Å². The standard InChI is InChI=1S/C13H17ClO2/c1-9(15)7-11-3-2-4-12(13(11)14)16-8-10-5-6-10/h2-4,9-10,15H,5-8H2,1H3. The number of ether oxygens (including phenoxy) is 1. The zero-order valence-electron chi connectivity index (χ0n) is 9.45. The van der Waals surface area contributed by atoms with E-state index < -0.39 is 0 Å². The first kappa shape index (κ1) is 11.7. The smallest absolute Gasteiger partial charge is 0.138 e. The summed E-state index contributed by atoms with van der Waals surface area (Å²) in [5, 5.41) is 9.99. The van der Waals surface area contributed by atoms with E-state index in [1.165, 1.54) is 12.8 Å². The van der Waals surface area contributed by atoms with E-state index in [1.54, 1.807) is 6.92 Å². The number of aliphatic hydroxyl groups is 1. The van der Waals surface area contributed by atoms with Gasteiger partial charge in [0.15, 0.2) is 0 Å². The van der Waals surface area contributed by atoms with Crippen LogP contribution < -0.4 is 4.74 Å². The summed E-state index contributed by atoms with van der Waals surface area (Å²) in [5.74, 6) is 1.46. The van der Waals surface area contributed by atoms with Crippen molar-refractivity contribution in [3.8, 4) is 5.75 Å². The molecule has 16 heavy (non-hydrogen) atoms. The van der Waals surface area contributed by atoms with Gasteiger partial charge in [-0.25, -0.2) is 0 Å². The van der Waals surface area contributed by atoms with Crippen LogP contribution in [0.15, 0.2) is 18.2 Å². The minimum Gasteiger partial charge on any atom is -0.492 e. The number of rotatable bonds is 5. The van der Waals surface area contributed by atoms with Gasteiger partial charge in [0.1, 0.15) is 5.75 Å². The molecule has 0 aliphatic heterocycles.